The van der Waals surface area contributed by atoms with Crippen molar-refractivity contribution >= 4 is 0 Å². The van der Waals surface area contributed by atoms with Crippen LogP contribution in [0, 0.1) is 0 Å². The van der Waals surface area contributed by atoms with Gasteiger partial charge in [0.2, 0.25) is 6.33 Å². The summed E-state index contributed by atoms with van der Waals surface area (Å²) in [4.78, 5) is 0. The van der Waals surface area contributed by atoms with E-state index in [9.17, 15) is 0 Å². The molecule has 0 N–H and O–H groups in total. The van der Waals surface area contributed by atoms with Crippen LogP contribution in [0.4, 0.5) is 0 Å². The second kappa shape index (κ2) is 5.13. The Labute approximate surface area is 77.9 Å². The highest BCUT2D eigenvalue weighted by molar-refractivity contribution is 4.66. The molecule has 0 saturated carbocycles. The summed E-state index contributed by atoms with van der Waals surface area (Å²) in [6, 6.07) is 0. The zero-order valence-corrected chi connectivity index (χ0v) is 8.29. The maximum atomic E-state index is 3.66. The third-order valence-electron chi connectivity index (χ3n) is 1.45. The summed E-state index contributed by atoms with van der Waals surface area (Å²) >= 11 is 0. The number of hydrogen-bond donors (Lipinski definition) is 0. The molecule has 1 heterocycles. The molecule has 0 aliphatic heterocycles. The van der Waals surface area contributed by atoms with Crippen molar-refractivity contribution in [1.29, 1.82) is 0 Å². The van der Waals surface area contributed by atoms with Gasteiger partial charge in [0, 0.05) is 0 Å². The lowest BCUT2D eigenvalue weighted by molar-refractivity contribution is -0.686. The summed E-state index contributed by atoms with van der Waals surface area (Å²) < 4.78 is 4.22. The minimum Gasteiger partial charge on any atom is -1.00 e. The number of aryl methyl sites for hydroxylation is 1. The molecule has 1 aromatic rings. The smallest absolute Gasteiger partial charge is 0.244 e. The SMILES string of the molecule is C=CC[n+]1ccn(CC)c1.[Br-]. The van der Waals surface area contributed by atoms with Gasteiger partial charge in [0.1, 0.15) is 18.9 Å². The zero-order chi connectivity index (χ0) is 7.40. The number of nitrogens with zero attached hydrogens (tertiary/aromatic N) is 2. The van der Waals surface area contributed by atoms with Crippen LogP contribution in [0.5, 0.6) is 0 Å². The fourth-order valence-corrected chi connectivity index (χ4v) is 0.883. The normalized spacial score (nSPS) is 8.82. The van der Waals surface area contributed by atoms with Crippen molar-refractivity contribution in [2.75, 3.05) is 0 Å². The third kappa shape index (κ3) is 2.89. The van der Waals surface area contributed by atoms with Crippen LogP contribution in [0.15, 0.2) is 31.4 Å². The molecule has 0 fully saturated rings. The molecule has 0 atom stereocenters. The van der Waals surface area contributed by atoms with E-state index >= 15 is 0 Å². The summed E-state index contributed by atoms with van der Waals surface area (Å²) in [6.45, 7) is 7.71. The van der Waals surface area contributed by atoms with Crippen molar-refractivity contribution in [3.05, 3.63) is 31.4 Å². The molecule has 0 amide bonds. The highest BCUT2D eigenvalue weighted by atomic mass is 79.9. The first-order valence-electron chi connectivity index (χ1n) is 3.52. The fraction of sp³-hybridized carbons (Fsp3) is 0.375. The lowest BCUT2D eigenvalue weighted by Gasteiger charge is -1.85. The first-order valence-corrected chi connectivity index (χ1v) is 3.52. The number of hydrogen-bond acceptors (Lipinski definition) is 0. The maximum absolute atomic E-state index is 3.66. The van der Waals surface area contributed by atoms with Crippen LogP contribution in [0.25, 0.3) is 0 Å². The van der Waals surface area contributed by atoms with Gasteiger partial charge >= 0.3 is 0 Å². The van der Waals surface area contributed by atoms with E-state index < -0.39 is 0 Å². The van der Waals surface area contributed by atoms with Crippen LogP contribution in [0.3, 0.4) is 0 Å². The number of rotatable bonds is 3. The van der Waals surface area contributed by atoms with E-state index in [1.165, 1.54) is 0 Å². The van der Waals surface area contributed by atoms with Gasteiger partial charge in [0.15, 0.2) is 0 Å². The highest BCUT2D eigenvalue weighted by Gasteiger charge is 1.96. The molecule has 0 aromatic carbocycles. The van der Waals surface area contributed by atoms with Gasteiger partial charge in [0.25, 0.3) is 0 Å². The van der Waals surface area contributed by atoms with E-state index in [1.54, 1.807) is 0 Å². The van der Waals surface area contributed by atoms with Crippen LogP contribution in [-0.2, 0) is 13.1 Å². The van der Waals surface area contributed by atoms with Gasteiger partial charge in [-0.3, -0.25) is 0 Å². The topological polar surface area (TPSA) is 8.81 Å². The molecule has 2 nitrogen and oxygen atoms in total. The summed E-state index contributed by atoms with van der Waals surface area (Å²) in [5.41, 5.74) is 0. The largest absolute Gasteiger partial charge is 1.00 e. The molecule has 0 saturated heterocycles. The Morgan fingerprint density at radius 3 is 2.82 bits per heavy atom. The molecule has 62 valence electrons. The molecule has 0 bridgehead atoms. The van der Waals surface area contributed by atoms with E-state index in [-0.39, 0.29) is 17.0 Å². The molecule has 1 rings (SSSR count). The Bertz CT molecular complexity index is 218. The molecule has 11 heavy (non-hydrogen) atoms. The zero-order valence-electron chi connectivity index (χ0n) is 6.70. The monoisotopic (exact) mass is 216 g/mol. The Morgan fingerprint density at radius 1 is 1.64 bits per heavy atom. The van der Waals surface area contributed by atoms with Gasteiger partial charge in [-0.15, -0.1) is 0 Å². The van der Waals surface area contributed by atoms with Crippen LogP contribution < -0.4 is 21.5 Å². The van der Waals surface area contributed by atoms with Crippen molar-refractivity contribution in [2.24, 2.45) is 0 Å². The summed E-state index contributed by atoms with van der Waals surface area (Å²) in [6.07, 6.45) is 8.07. The van der Waals surface area contributed by atoms with E-state index in [4.69, 9.17) is 0 Å². The Kier molecular flexibility index (Phi) is 4.86. The molecule has 1 aromatic heterocycles. The van der Waals surface area contributed by atoms with Gasteiger partial charge in [-0.1, -0.05) is 12.7 Å². The molecule has 0 aliphatic carbocycles. The van der Waals surface area contributed by atoms with Crippen LogP contribution in [0.2, 0.25) is 0 Å². The number of halogens is 1. The number of imidazole rings is 1. The first kappa shape index (κ1) is 10.4. The predicted octanol–water partition coefficient (Wildman–Crippen LogP) is -2.01. The van der Waals surface area contributed by atoms with E-state index in [0.29, 0.717) is 0 Å². The first-order chi connectivity index (χ1) is 4.86. The third-order valence-corrected chi connectivity index (χ3v) is 1.45. The number of allylic oxidation sites excluding steroid dienone is 1. The Morgan fingerprint density at radius 2 is 2.36 bits per heavy atom. The van der Waals surface area contributed by atoms with E-state index in [0.717, 1.165) is 13.1 Å². The second-order valence-electron chi connectivity index (χ2n) is 2.23. The van der Waals surface area contributed by atoms with E-state index in [1.807, 2.05) is 12.3 Å². The average molecular weight is 217 g/mol. The van der Waals surface area contributed by atoms with Gasteiger partial charge in [-0.2, -0.15) is 0 Å². The summed E-state index contributed by atoms with van der Waals surface area (Å²) in [7, 11) is 0. The molecule has 0 spiro atoms. The van der Waals surface area contributed by atoms with Crippen molar-refractivity contribution in [3.63, 3.8) is 0 Å². The molecular weight excluding hydrogens is 204 g/mol. The molecule has 3 heteroatoms. The summed E-state index contributed by atoms with van der Waals surface area (Å²) in [5, 5.41) is 0. The predicted molar refractivity (Wildman–Crippen MR) is 40.5 cm³/mol. The molecule has 0 aliphatic rings. The number of aromatic nitrogens is 2. The van der Waals surface area contributed by atoms with Crippen molar-refractivity contribution < 1.29 is 21.5 Å². The van der Waals surface area contributed by atoms with Gasteiger partial charge < -0.3 is 17.0 Å². The van der Waals surface area contributed by atoms with Crippen molar-refractivity contribution in [3.8, 4) is 0 Å². The minimum absolute atomic E-state index is 0. The van der Waals surface area contributed by atoms with Gasteiger partial charge in [-0.25, -0.2) is 9.13 Å². The van der Waals surface area contributed by atoms with Crippen LogP contribution in [-0.4, -0.2) is 4.57 Å². The highest BCUT2D eigenvalue weighted by Crippen LogP contribution is 1.82. The second-order valence-corrected chi connectivity index (χ2v) is 2.23. The van der Waals surface area contributed by atoms with E-state index in [2.05, 4.69) is 35.2 Å². The molecule has 0 radical (unpaired) electrons. The lowest BCUT2D eigenvalue weighted by atomic mass is 10.6. The van der Waals surface area contributed by atoms with Crippen molar-refractivity contribution in [2.45, 2.75) is 20.0 Å². The quantitative estimate of drug-likeness (QED) is 0.408. The van der Waals surface area contributed by atoms with Crippen LogP contribution in [0.1, 0.15) is 6.92 Å². The van der Waals surface area contributed by atoms with Gasteiger partial charge in [0.05, 0.1) is 6.54 Å². The minimum atomic E-state index is 0. The molecule has 0 unspecified atom stereocenters. The average Bonchev–Trinajstić information content (AvgIpc) is 2.37. The Balaban J connectivity index is 0.000001000. The van der Waals surface area contributed by atoms with Crippen LogP contribution >= 0.6 is 0 Å². The summed E-state index contributed by atoms with van der Waals surface area (Å²) in [5.74, 6) is 0. The Hall–Kier alpha value is -0.570. The maximum Gasteiger partial charge on any atom is 0.244 e. The fourth-order valence-electron chi connectivity index (χ4n) is 0.883. The standard InChI is InChI=1S/C8H13N2.BrH/c1-3-5-10-7-6-9(4-2)8-10;/h3,6-8H,1,4-5H2,2H3;1H/q+1;/p-1. The molecular formula is C8H13BrN2. The lowest BCUT2D eigenvalue weighted by Crippen LogP contribution is -3.00. The van der Waals surface area contributed by atoms with Crippen molar-refractivity contribution in [1.82, 2.24) is 4.57 Å². The van der Waals surface area contributed by atoms with Gasteiger partial charge in [-0.05, 0) is 6.92 Å².